The van der Waals surface area contributed by atoms with Crippen molar-refractivity contribution in [3.63, 3.8) is 0 Å². The lowest BCUT2D eigenvalue weighted by atomic mass is 9.94. The SMILES string of the molecule is CC(C)Cc1ccc(C(C)C(=O)O)cc1.Cc1ccc(C23CNCC2C3)cc1. The summed E-state index contributed by atoms with van der Waals surface area (Å²) in [5.74, 6) is 0.368. The summed E-state index contributed by atoms with van der Waals surface area (Å²) >= 11 is 0. The summed E-state index contributed by atoms with van der Waals surface area (Å²) < 4.78 is 0. The van der Waals surface area contributed by atoms with Crippen molar-refractivity contribution >= 4 is 5.97 Å². The van der Waals surface area contributed by atoms with Crippen LogP contribution in [0.25, 0.3) is 0 Å². The van der Waals surface area contributed by atoms with E-state index in [1.807, 2.05) is 24.3 Å². The van der Waals surface area contributed by atoms with E-state index in [-0.39, 0.29) is 0 Å². The van der Waals surface area contributed by atoms with Gasteiger partial charge in [-0.1, -0.05) is 67.9 Å². The lowest BCUT2D eigenvalue weighted by molar-refractivity contribution is -0.138. The fourth-order valence-electron chi connectivity index (χ4n) is 4.23. The molecule has 150 valence electrons. The zero-order valence-corrected chi connectivity index (χ0v) is 17.5. The Bertz CT molecular complexity index is 794. The topological polar surface area (TPSA) is 49.3 Å². The van der Waals surface area contributed by atoms with Gasteiger partial charge >= 0.3 is 5.97 Å². The number of carboxylic acid groups (broad SMARTS) is 1. The molecule has 0 radical (unpaired) electrons. The van der Waals surface area contributed by atoms with Crippen LogP contribution in [0.4, 0.5) is 0 Å². The highest BCUT2D eigenvalue weighted by molar-refractivity contribution is 5.75. The first-order valence-electron chi connectivity index (χ1n) is 10.4. The molecule has 1 saturated heterocycles. The molecule has 28 heavy (non-hydrogen) atoms. The largest absolute Gasteiger partial charge is 0.481 e. The fraction of sp³-hybridized carbons (Fsp3) is 0.480. The van der Waals surface area contributed by atoms with Crippen molar-refractivity contribution in [2.45, 2.75) is 51.9 Å². The minimum atomic E-state index is -0.772. The number of aryl methyl sites for hydroxylation is 1. The Kier molecular flexibility index (Phi) is 6.24. The smallest absolute Gasteiger partial charge is 0.310 e. The molecule has 0 aromatic heterocycles. The predicted molar refractivity (Wildman–Crippen MR) is 115 cm³/mol. The molecule has 0 amide bonds. The maximum atomic E-state index is 10.8. The molecule has 3 heteroatoms. The van der Waals surface area contributed by atoms with Crippen LogP contribution >= 0.6 is 0 Å². The molecule has 1 heterocycles. The van der Waals surface area contributed by atoms with Crippen LogP contribution in [0.15, 0.2) is 48.5 Å². The Morgan fingerprint density at radius 3 is 2.21 bits per heavy atom. The van der Waals surface area contributed by atoms with Crippen molar-refractivity contribution in [2.24, 2.45) is 11.8 Å². The van der Waals surface area contributed by atoms with Crippen molar-refractivity contribution in [1.82, 2.24) is 5.32 Å². The van der Waals surface area contributed by atoms with Crippen LogP contribution in [0.5, 0.6) is 0 Å². The van der Waals surface area contributed by atoms with Crippen molar-refractivity contribution in [3.8, 4) is 0 Å². The lowest BCUT2D eigenvalue weighted by Crippen LogP contribution is -2.19. The molecule has 2 fully saturated rings. The summed E-state index contributed by atoms with van der Waals surface area (Å²) in [6, 6.07) is 17.0. The molecule has 2 N–H and O–H groups in total. The number of carbonyl (C=O) groups is 1. The van der Waals surface area contributed by atoms with Gasteiger partial charge in [0.15, 0.2) is 0 Å². The first kappa shape index (κ1) is 20.6. The molecular formula is C25H33NO2. The Morgan fingerprint density at radius 2 is 1.75 bits per heavy atom. The highest BCUT2D eigenvalue weighted by Crippen LogP contribution is 2.56. The Morgan fingerprint density at radius 1 is 1.11 bits per heavy atom. The number of aliphatic carboxylic acids is 1. The minimum absolute atomic E-state index is 0.418. The average molecular weight is 380 g/mol. The maximum absolute atomic E-state index is 10.8. The van der Waals surface area contributed by atoms with Gasteiger partial charge in [0.1, 0.15) is 0 Å². The monoisotopic (exact) mass is 379 g/mol. The highest BCUT2D eigenvalue weighted by atomic mass is 16.4. The second kappa shape index (κ2) is 8.48. The number of benzene rings is 2. The van der Waals surface area contributed by atoms with Gasteiger partial charge in [0, 0.05) is 12.0 Å². The normalized spacial score (nSPS) is 23.5. The van der Waals surface area contributed by atoms with E-state index in [9.17, 15) is 4.79 Å². The molecule has 3 nitrogen and oxygen atoms in total. The number of fused-ring (bicyclic) bond motifs is 1. The van der Waals surface area contributed by atoms with E-state index in [1.165, 1.54) is 30.6 Å². The fourth-order valence-corrected chi connectivity index (χ4v) is 4.23. The lowest BCUT2D eigenvalue weighted by Gasteiger charge is -2.11. The minimum Gasteiger partial charge on any atom is -0.481 e. The molecular weight excluding hydrogens is 346 g/mol. The molecule has 1 saturated carbocycles. The first-order valence-corrected chi connectivity index (χ1v) is 10.4. The quantitative estimate of drug-likeness (QED) is 0.774. The molecule has 1 aliphatic heterocycles. The van der Waals surface area contributed by atoms with Crippen molar-refractivity contribution < 1.29 is 9.90 Å². The van der Waals surface area contributed by atoms with Crippen LogP contribution in [0.2, 0.25) is 0 Å². The average Bonchev–Trinajstić information content (AvgIpc) is 3.23. The molecule has 3 unspecified atom stereocenters. The summed E-state index contributed by atoms with van der Waals surface area (Å²) in [5, 5.41) is 12.3. The van der Waals surface area contributed by atoms with Gasteiger partial charge < -0.3 is 10.4 Å². The molecule has 4 rings (SSSR count). The van der Waals surface area contributed by atoms with Crippen LogP contribution in [0, 0.1) is 18.8 Å². The van der Waals surface area contributed by atoms with Crippen LogP contribution in [0.1, 0.15) is 55.4 Å². The summed E-state index contributed by atoms with van der Waals surface area (Å²) in [4.78, 5) is 10.8. The van der Waals surface area contributed by atoms with Crippen LogP contribution < -0.4 is 5.32 Å². The highest BCUT2D eigenvalue weighted by Gasteiger charge is 2.57. The molecule has 2 aromatic rings. The van der Waals surface area contributed by atoms with Gasteiger partial charge in [-0.3, -0.25) is 4.79 Å². The van der Waals surface area contributed by atoms with Gasteiger partial charge in [-0.25, -0.2) is 0 Å². The number of carboxylic acids is 1. The molecule has 0 spiro atoms. The number of piperidine rings is 1. The summed E-state index contributed by atoms with van der Waals surface area (Å²) in [5.41, 5.74) is 5.59. The van der Waals surface area contributed by atoms with Gasteiger partial charge in [0.05, 0.1) is 5.92 Å². The number of hydrogen-bond acceptors (Lipinski definition) is 2. The second-order valence-corrected chi connectivity index (χ2v) is 8.95. The zero-order chi connectivity index (χ0) is 20.3. The molecule has 1 aliphatic carbocycles. The van der Waals surface area contributed by atoms with Gasteiger partial charge in [0.2, 0.25) is 0 Å². The standard InChI is InChI=1S/C13H18O2.C12H15N/c1-9(2)8-11-4-6-12(7-5-11)10(3)13(14)15;1-9-2-4-10(5-3-9)12-6-11(12)7-13-8-12/h4-7,9-10H,8H2,1-3H3,(H,14,15);2-5,11,13H,6-8H2,1H3. The van der Waals surface area contributed by atoms with E-state index in [1.54, 1.807) is 12.5 Å². The van der Waals surface area contributed by atoms with Crippen molar-refractivity contribution in [2.75, 3.05) is 13.1 Å². The number of hydrogen-bond donors (Lipinski definition) is 2. The molecule has 3 atom stereocenters. The summed E-state index contributed by atoms with van der Waals surface area (Å²) in [6.45, 7) is 10.6. The number of nitrogens with one attached hydrogen (secondary N) is 1. The van der Waals surface area contributed by atoms with E-state index in [4.69, 9.17) is 5.11 Å². The van der Waals surface area contributed by atoms with E-state index in [0.29, 0.717) is 11.3 Å². The Hall–Kier alpha value is -2.13. The van der Waals surface area contributed by atoms with Crippen molar-refractivity contribution in [3.05, 3.63) is 70.8 Å². The van der Waals surface area contributed by atoms with Crippen LogP contribution in [-0.2, 0) is 16.6 Å². The van der Waals surface area contributed by atoms with Gasteiger partial charge in [-0.15, -0.1) is 0 Å². The van der Waals surface area contributed by atoms with Crippen LogP contribution in [0.3, 0.4) is 0 Å². The maximum Gasteiger partial charge on any atom is 0.310 e. The molecule has 0 bridgehead atoms. The molecule has 2 aromatic carbocycles. The first-order chi connectivity index (χ1) is 13.3. The van der Waals surface area contributed by atoms with E-state index >= 15 is 0 Å². The Balaban J connectivity index is 0.000000162. The third-order valence-electron chi connectivity index (χ3n) is 6.18. The second-order valence-electron chi connectivity index (χ2n) is 8.95. The van der Waals surface area contributed by atoms with E-state index in [0.717, 1.165) is 17.9 Å². The number of rotatable bonds is 5. The predicted octanol–water partition coefficient (Wildman–Crippen LogP) is 4.93. The zero-order valence-electron chi connectivity index (χ0n) is 17.5. The third-order valence-corrected chi connectivity index (χ3v) is 6.18. The molecule has 2 aliphatic rings. The van der Waals surface area contributed by atoms with Gasteiger partial charge in [-0.05, 0) is 61.8 Å². The van der Waals surface area contributed by atoms with Crippen LogP contribution in [-0.4, -0.2) is 24.2 Å². The summed E-state index contributed by atoms with van der Waals surface area (Å²) in [7, 11) is 0. The van der Waals surface area contributed by atoms with Gasteiger partial charge in [-0.2, -0.15) is 0 Å². The van der Waals surface area contributed by atoms with Gasteiger partial charge in [0.25, 0.3) is 0 Å². The van der Waals surface area contributed by atoms with E-state index in [2.05, 4.69) is 50.4 Å². The third kappa shape index (κ3) is 4.64. The summed E-state index contributed by atoms with van der Waals surface area (Å²) in [6.07, 6.45) is 2.45. The Labute approximate surface area is 169 Å². The van der Waals surface area contributed by atoms with E-state index < -0.39 is 11.9 Å². The van der Waals surface area contributed by atoms with Crippen molar-refractivity contribution in [1.29, 1.82) is 0 Å².